The molecule has 0 aliphatic rings. The Morgan fingerprint density at radius 3 is 2.67 bits per heavy atom. The second-order valence-electron chi connectivity index (χ2n) is 4.83. The lowest BCUT2D eigenvalue weighted by Gasteiger charge is -2.12. The van der Waals surface area contributed by atoms with Gasteiger partial charge in [-0.25, -0.2) is 8.78 Å². The van der Waals surface area contributed by atoms with Gasteiger partial charge in [0.25, 0.3) is 5.88 Å². The molecule has 0 bridgehead atoms. The molecule has 0 amide bonds. The number of aromatic nitrogens is 1. The van der Waals surface area contributed by atoms with Crippen molar-refractivity contribution in [2.24, 2.45) is 0 Å². The van der Waals surface area contributed by atoms with Crippen LogP contribution in [0.15, 0.2) is 24.3 Å². The molecule has 0 fully saturated rings. The second kappa shape index (κ2) is 6.52. The fourth-order valence-corrected chi connectivity index (χ4v) is 1.83. The van der Waals surface area contributed by atoms with Crippen LogP contribution in [0.1, 0.15) is 24.5 Å². The largest absolute Gasteiger partial charge is 0.436 e. The summed E-state index contributed by atoms with van der Waals surface area (Å²) in [6.07, 6.45) is 0.811. The fraction of sp³-hybridized carbons (Fsp3) is 0.312. The summed E-state index contributed by atoms with van der Waals surface area (Å²) in [4.78, 5) is 3.89. The highest BCUT2D eigenvalue weighted by Gasteiger charge is 2.14. The van der Waals surface area contributed by atoms with Gasteiger partial charge in [-0.05, 0) is 37.5 Å². The summed E-state index contributed by atoms with van der Waals surface area (Å²) in [5, 5.41) is 2.81. The molecule has 21 heavy (non-hydrogen) atoms. The van der Waals surface area contributed by atoms with E-state index >= 15 is 0 Å². The molecule has 0 spiro atoms. The van der Waals surface area contributed by atoms with E-state index in [9.17, 15) is 8.78 Å². The zero-order valence-corrected chi connectivity index (χ0v) is 12.3. The first-order chi connectivity index (χ1) is 10.0. The van der Waals surface area contributed by atoms with Gasteiger partial charge in [0.1, 0.15) is 5.75 Å². The maximum absolute atomic E-state index is 13.8. The molecule has 0 saturated carbocycles. The van der Waals surface area contributed by atoms with Crippen LogP contribution in [0, 0.1) is 25.5 Å². The third-order valence-electron chi connectivity index (χ3n) is 3.20. The Balaban J connectivity index is 2.33. The Kier molecular flexibility index (Phi) is 4.73. The molecule has 0 atom stereocenters. The SMILES string of the molecule is CCCNc1nc(Oc2cccc(C)c2C)c(F)cc1F. The van der Waals surface area contributed by atoms with E-state index in [0.717, 1.165) is 23.6 Å². The Bertz CT molecular complexity index is 644. The predicted octanol–water partition coefficient (Wildman–Crippen LogP) is 4.59. The number of nitrogens with zero attached hydrogens (tertiary/aromatic N) is 1. The minimum Gasteiger partial charge on any atom is -0.436 e. The van der Waals surface area contributed by atoms with Gasteiger partial charge in [-0.15, -0.1) is 0 Å². The molecule has 5 heteroatoms. The van der Waals surface area contributed by atoms with Crippen LogP contribution in [0.3, 0.4) is 0 Å². The number of rotatable bonds is 5. The third-order valence-corrected chi connectivity index (χ3v) is 3.20. The van der Waals surface area contributed by atoms with E-state index in [0.29, 0.717) is 12.3 Å². The molecule has 112 valence electrons. The molecule has 0 aliphatic heterocycles. The minimum absolute atomic E-state index is 0.00134. The molecule has 0 saturated heterocycles. The van der Waals surface area contributed by atoms with Gasteiger partial charge >= 0.3 is 0 Å². The van der Waals surface area contributed by atoms with Gasteiger partial charge in [-0.1, -0.05) is 19.1 Å². The molecular formula is C16H18F2N2O. The molecule has 0 aliphatic carbocycles. The highest BCUT2D eigenvalue weighted by atomic mass is 19.1. The highest BCUT2D eigenvalue weighted by Crippen LogP contribution is 2.29. The van der Waals surface area contributed by atoms with Crippen LogP contribution >= 0.6 is 0 Å². The average Bonchev–Trinajstić information content (AvgIpc) is 2.45. The van der Waals surface area contributed by atoms with Gasteiger partial charge in [0.15, 0.2) is 17.5 Å². The van der Waals surface area contributed by atoms with Crippen LogP contribution < -0.4 is 10.1 Å². The molecule has 3 nitrogen and oxygen atoms in total. The van der Waals surface area contributed by atoms with Crippen molar-refractivity contribution in [1.82, 2.24) is 4.98 Å². The summed E-state index contributed by atoms with van der Waals surface area (Å²) >= 11 is 0. The third kappa shape index (κ3) is 3.48. The van der Waals surface area contributed by atoms with Crippen molar-refractivity contribution in [3.63, 3.8) is 0 Å². The van der Waals surface area contributed by atoms with Gasteiger partial charge < -0.3 is 10.1 Å². The molecule has 1 aromatic heterocycles. The lowest BCUT2D eigenvalue weighted by Crippen LogP contribution is -2.06. The Morgan fingerprint density at radius 2 is 1.95 bits per heavy atom. The van der Waals surface area contributed by atoms with E-state index in [1.54, 1.807) is 6.07 Å². The van der Waals surface area contributed by atoms with Crippen LogP contribution in [0.4, 0.5) is 14.6 Å². The van der Waals surface area contributed by atoms with E-state index in [-0.39, 0.29) is 11.7 Å². The molecule has 1 aromatic carbocycles. The fourth-order valence-electron chi connectivity index (χ4n) is 1.83. The molecule has 2 aromatic rings. The smallest absolute Gasteiger partial charge is 0.258 e. The Labute approximate surface area is 123 Å². The first-order valence-electron chi connectivity index (χ1n) is 6.87. The Hall–Kier alpha value is -2.17. The van der Waals surface area contributed by atoms with Gasteiger partial charge in [-0.3, -0.25) is 0 Å². The topological polar surface area (TPSA) is 34.2 Å². The quantitative estimate of drug-likeness (QED) is 0.875. The lowest BCUT2D eigenvalue weighted by atomic mass is 10.1. The molecule has 1 heterocycles. The first-order valence-corrected chi connectivity index (χ1v) is 6.87. The van der Waals surface area contributed by atoms with Crippen LogP contribution in [-0.2, 0) is 0 Å². The number of hydrogen-bond acceptors (Lipinski definition) is 3. The van der Waals surface area contributed by atoms with E-state index in [2.05, 4.69) is 10.3 Å². The van der Waals surface area contributed by atoms with Crippen LogP contribution in [0.5, 0.6) is 11.6 Å². The number of benzene rings is 1. The summed E-state index contributed by atoms with van der Waals surface area (Å²) in [6, 6.07) is 6.26. The van der Waals surface area contributed by atoms with Crippen LogP contribution in [-0.4, -0.2) is 11.5 Å². The minimum atomic E-state index is -0.824. The summed E-state index contributed by atoms with van der Waals surface area (Å²) in [7, 11) is 0. The van der Waals surface area contributed by atoms with E-state index in [1.165, 1.54) is 0 Å². The van der Waals surface area contributed by atoms with Crippen molar-refractivity contribution in [1.29, 1.82) is 0 Å². The molecular weight excluding hydrogens is 274 g/mol. The normalized spacial score (nSPS) is 10.5. The van der Waals surface area contributed by atoms with Crippen molar-refractivity contribution in [2.45, 2.75) is 27.2 Å². The monoisotopic (exact) mass is 292 g/mol. The predicted molar refractivity (Wildman–Crippen MR) is 78.9 cm³/mol. The van der Waals surface area contributed by atoms with Gasteiger partial charge in [0.05, 0.1) is 0 Å². The van der Waals surface area contributed by atoms with Gasteiger partial charge in [-0.2, -0.15) is 4.98 Å². The lowest BCUT2D eigenvalue weighted by molar-refractivity contribution is 0.415. The molecule has 1 N–H and O–H groups in total. The number of aryl methyl sites for hydroxylation is 1. The van der Waals surface area contributed by atoms with E-state index < -0.39 is 11.6 Å². The summed E-state index contributed by atoms with van der Waals surface area (Å²) in [5.41, 5.74) is 1.92. The van der Waals surface area contributed by atoms with Gasteiger partial charge in [0.2, 0.25) is 0 Å². The van der Waals surface area contributed by atoms with Crippen molar-refractivity contribution >= 4 is 5.82 Å². The first kappa shape index (κ1) is 15.2. The number of hydrogen-bond donors (Lipinski definition) is 1. The Morgan fingerprint density at radius 1 is 1.19 bits per heavy atom. The summed E-state index contributed by atoms with van der Waals surface area (Å²) in [5.74, 6) is -1.28. The standard InChI is InChI=1S/C16H18F2N2O/c1-4-8-19-15-12(17)9-13(18)16(20-15)21-14-7-5-6-10(2)11(14)3/h5-7,9H,4,8H2,1-3H3,(H,19,20). The number of halogens is 2. The van der Waals surface area contributed by atoms with Crippen LogP contribution in [0.25, 0.3) is 0 Å². The molecule has 0 unspecified atom stereocenters. The van der Waals surface area contributed by atoms with E-state index in [1.807, 2.05) is 32.9 Å². The molecule has 2 rings (SSSR count). The number of ether oxygens (including phenoxy) is 1. The van der Waals surface area contributed by atoms with Crippen molar-refractivity contribution in [3.8, 4) is 11.6 Å². The summed E-state index contributed by atoms with van der Waals surface area (Å²) < 4.78 is 32.9. The van der Waals surface area contributed by atoms with E-state index in [4.69, 9.17) is 4.74 Å². The summed E-state index contributed by atoms with van der Waals surface area (Å²) in [6.45, 7) is 6.31. The number of pyridine rings is 1. The zero-order chi connectivity index (χ0) is 15.4. The van der Waals surface area contributed by atoms with Crippen molar-refractivity contribution < 1.29 is 13.5 Å². The highest BCUT2D eigenvalue weighted by molar-refractivity contribution is 5.43. The molecule has 0 radical (unpaired) electrons. The number of anilines is 1. The maximum Gasteiger partial charge on any atom is 0.258 e. The maximum atomic E-state index is 13.8. The second-order valence-corrected chi connectivity index (χ2v) is 4.83. The van der Waals surface area contributed by atoms with Crippen molar-refractivity contribution in [2.75, 3.05) is 11.9 Å². The average molecular weight is 292 g/mol. The zero-order valence-electron chi connectivity index (χ0n) is 12.3. The van der Waals surface area contributed by atoms with Gasteiger partial charge in [0, 0.05) is 12.6 Å². The number of nitrogens with one attached hydrogen (secondary N) is 1. The van der Waals surface area contributed by atoms with Crippen molar-refractivity contribution in [3.05, 3.63) is 47.0 Å². The van der Waals surface area contributed by atoms with Crippen LogP contribution in [0.2, 0.25) is 0 Å².